The Hall–Kier alpha value is -0.540. The molecule has 1 saturated carbocycles. The van der Waals surface area contributed by atoms with E-state index in [1.807, 2.05) is 17.8 Å². The molecule has 1 aromatic carbocycles. The molecule has 0 unspecified atom stereocenters. The van der Waals surface area contributed by atoms with Gasteiger partial charge in [0.05, 0.1) is 0 Å². The zero-order chi connectivity index (χ0) is 11.4. The summed E-state index contributed by atoms with van der Waals surface area (Å²) in [5.74, 6) is -0.103. The third kappa shape index (κ3) is 2.77. The average molecular weight is 239 g/mol. The van der Waals surface area contributed by atoms with E-state index in [-0.39, 0.29) is 5.82 Å². The van der Waals surface area contributed by atoms with Crippen LogP contribution < -0.4 is 5.73 Å². The van der Waals surface area contributed by atoms with Crippen molar-refractivity contribution in [3.05, 3.63) is 29.6 Å². The average Bonchev–Trinajstić information content (AvgIpc) is 2.76. The van der Waals surface area contributed by atoms with Crippen LogP contribution >= 0.6 is 11.8 Å². The highest BCUT2D eigenvalue weighted by Gasteiger charge is 2.18. The van der Waals surface area contributed by atoms with Crippen LogP contribution in [0.2, 0.25) is 0 Å². The standard InChI is InChI=1S/C13H18FNS/c14-12-6-3-7-13(11(12)8-9-15)16-10-4-1-2-5-10/h3,6-7,10H,1-2,4-5,8-9,15H2. The molecule has 1 fully saturated rings. The molecule has 0 amide bonds. The largest absolute Gasteiger partial charge is 0.330 e. The summed E-state index contributed by atoms with van der Waals surface area (Å²) in [4.78, 5) is 1.09. The van der Waals surface area contributed by atoms with Crippen molar-refractivity contribution in [1.29, 1.82) is 0 Å². The van der Waals surface area contributed by atoms with Crippen LogP contribution in [0.3, 0.4) is 0 Å². The molecule has 0 spiro atoms. The number of hydrogen-bond acceptors (Lipinski definition) is 2. The predicted octanol–water partition coefficient (Wildman–Crippen LogP) is 3.36. The van der Waals surface area contributed by atoms with Crippen LogP contribution in [0.5, 0.6) is 0 Å². The monoisotopic (exact) mass is 239 g/mol. The summed E-state index contributed by atoms with van der Waals surface area (Å²) in [6.45, 7) is 0.513. The van der Waals surface area contributed by atoms with Crippen LogP contribution in [0.4, 0.5) is 4.39 Å². The van der Waals surface area contributed by atoms with Gasteiger partial charge in [0.15, 0.2) is 0 Å². The van der Waals surface area contributed by atoms with Crippen molar-refractivity contribution < 1.29 is 4.39 Å². The molecule has 1 aliphatic carbocycles. The lowest BCUT2D eigenvalue weighted by Gasteiger charge is -2.13. The van der Waals surface area contributed by atoms with Gasteiger partial charge in [-0.2, -0.15) is 0 Å². The SMILES string of the molecule is NCCc1c(F)cccc1SC1CCCC1. The minimum absolute atomic E-state index is 0.103. The van der Waals surface area contributed by atoms with Crippen molar-refractivity contribution >= 4 is 11.8 Å². The lowest BCUT2D eigenvalue weighted by molar-refractivity contribution is 0.603. The second kappa shape index (κ2) is 5.69. The van der Waals surface area contributed by atoms with Crippen molar-refractivity contribution in [2.45, 2.75) is 42.2 Å². The van der Waals surface area contributed by atoms with Gasteiger partial charge < -0.3 is 5.73 Å². The van der Waals surface area contributed by atoms with Gasteiger partial charge in [0.25, 0.3) is 0 Å². The van der Waals surface area contributed by atoms with Crippen molar-refractivity contribution in [2.24, 2.45) is 5.73 Å². The van der Waals surface area contributed by atoms with Crippen molar-refractivity contribution in [1.82, 2.24) is 0 Å². The van der Waals surface area contributed by atoms with Crippen LogP contribution in [-0.4, -0.2) is 11.8 Å². The maximum Gasteiger partial charge on any atom is 0.127 e. The molecule has 3 heteroatoms. The number of halogens is 1. The van der Waals surface area contributed by atoms with Gasteiger partial charge in [-0.1, -0.05) is 18.9 Å². The number of rotatable bonds is 4. The number of nitrogens with two attached hydrogens (primary N) is 1. The maximum absolute atomic E-state index is 13.6. The molecule has 0 radical (unpaired) electrons. The molecule has 2 rings (SSSR count). The van der Waals surface area contributed by atoms with Gasteiger partial charge in [-0.15, -0.1) is 11.8 Å². The molecule has 2 N–H and O–H groups in total. The van der Waals surface area contributed by atoms with Gasteiger partial charge in [-0.3, -0.25) is 0 Å². The summed E-state index contributed by atoms with van der Waals surface area (Å²) in [6, 6.07) is 5.35. The summed E-state index contributed by atoms with van der Waals surface area (Å²) in [7, 11) is 0. The number of hydrogen-bond donors (Lipinski definition) is 1. The fourth-order valence-corrected chi connectivity index (χ4v) is 3.65. The normalized spacial score (nSPS) is 16.9. The Morgan fingerprint density at radius 3 is 2.75 bits per heavy atom. The topological polar surface area (TPSA) is 26.0 Å². The Morgan fingerprint density at radius 2 is 2.06 bits per heavy atom. The van der Waals surface area contributed by atoms with E-state index < -0.39 is 0 Å². The minimum atomic E-state index is -0.103. The third-order valence-electron chi connectivity index (χ3n) is 3.07. The first kappa shape index (κ1) is 11.9. The fourth-order valence-electron chi connectivity index (χ4n) is 2.22. The van der Waals surface area contributed by atoms with Gasteiger partial charge in [0.1, 0.15) is 5.82 Å². The van der Waals surface area contributed by atoms with Gasteiger partial charge in [-0.25, -0.2) is 4.39 Å². The molecule has 0 atom stereocenters. The van der Waals surface area contributed by atoms with Crippen LogP contribution in [0.25, 0.3) is 0 Å². The summed E-state index contributed by atoms with van der Waals surface area (Å²) >= 11 is 1.84. The van der Waals surface area contributed by atoms with Crippen LogP contribution in [0, 0.1) is 5.82 Å². The van der Waals surface area contributed by atoms with E-state index in [9.17, 15) is 4.39 Å². The molecule has 0 aromatic heterocycles. The molecule has 0 bridgehead atoms. The first-order valence-corrected chi connectivity index (χ1v) is 6.83. The summed E-state index contributed by atoms with van der Waals surface area (Å²) in [5, 5.41) is 0.679. The van der Waals surface area contributed by atoms with E-state index in [0.29, 0.717) is 18.2 Å². The van der Waals surface area contributed by atoms with Gasteiger partial charge in [-0.05, 0) is 37.9 Å². The zero-order valence-electron chi connectivity index (χ0n) is 9.42. The van der Waals surface area contributed by atoms with E-state index in [0.717, 1.165) is 10.5 Å². The summed E-state index contributed by atoms with van der Waals surface area (Å²) in [5.41, 5.74) is 6.34. The van der Waals surface area contributed by atoms with Gasteiger partial charge in [0.2, 0.25) is 0 Å². The molecule has 88 valence electrons. The van der Waals surface area contributed by atoms with E-state index in [2.05, 4.69) is 0 Å². The Balaban J connectivity index is 2.14. The molecule has 0 saturated heterocycles. The van der Waals surface area contributed by atoms with Crippen molar-refractivity contribution in [2.75, 3.05) is 6.54 Å². The second-order valence-electron chi connectivity index (χ2n) is 4.28. The number of benzene rings is 1. The highest BCUT2D eigenvalue weighted by Crippen LogP contribution is 2.36. The van der Waals surface area contributed by atoms with E-state index in [1.165, 1.54) is 31.7 Å². The lowest BCUT2D eigenvalue weighted by Crippen LogP contribution is -2.06. The molecule has 1 aliphatic rings. The van der Waals surface area contributed by atoms with Crippen molar-refractivity contribution in [3.8, 4) is 0 Å². The summed E-state index contributed by atoms with van der Waals surface area (Å²) in [6.07, 6.45) is 5.81. The van der Waals surface area contributed by atoms with Crippen LogP contribution in [0.15, 0.2) is 23.1 Å². The lowest BCUT2D eigenvalue weighted by atomic mass is 10.1. The van der Waals surface area contributed by atoms with Crippen molar-refractivity contribution in [3.63, 3.8) is 0 Å². The first-order chi connectivity index (χ1) is 7.81. The Labute approximate surface area is 101 Å². The Bertz CT molecular complexity index is 348. The molecule has 0 heterocycles. The Morgan fingerprint density at radius 1 is 1.31 bits per heavy atom. The Kier molecular flexibility index (Phi) is 4.24. The smallest absolute Gasteiger partial charge is 0.127 e. The van der Waals surface area contributed by atoms with Crippen LogP contribution in [-0.2, 0) is 6.42 Å². The van der Waals surface area contributed by atoms with Crippen LogP contribution in [0.1, 0.15) is 31.2 Å². The van der Waals surface area contributed by atoms with Gasteiger partial charge >= 0.3 is 0 Å². The van der Waals surface area contributed by atoms with E-state index >= 15 is 0 Å². The second-order valence-corrected chi connectivity index (χ2v) is 5.62. The highest BCUT2D eigenvalue weighted by molar-refractivity contribution is 8.00. The molecular formula is C13H18FNS. The quantitative estimate of drug-likeness (QED) is 0.872. The zero-order valence-corrected chi connectivity index (χ0v) is 10.2. The van der Waals surface area contributed by atoms with Gasteiger partial charge in [0, 0.05) is 15.7 Å². The molecule has 1 nitrogen and oxygen atoms in total. The van der Waals surface area contributed by atoms with E-state index in [1.54, 1.807) is 6.07 Å². The number of thioether (sulfide) groups is 1. The fraction of sp³-hybridized carbons (Fsp3) is 0.538. The first-order valence-electron chi connectivity index (χ1n) is 5.95. The van der Waals surface area contributed by atoms with E-state index in [4.69, 9.17) is 5.73 Å². The molecule has 1 aromatic rings. The molecular weight excluding hydrogens is 221 g/mol. The molecule has 16 heavy (non-hydrogen) atoms. The third-order valence-corrected chi connectivity index (χ3v) is 4.51. The minimum Gasteiger partial charge on any atom is -0.330 e. The predicted molar refractivity (Wildman–Crippen MR) is 67.3 cm³/mol. The molecule has 0 aliphatic heterocycles. The highest BCUT2D eigenvalue weighted by atomic mass is 32.2. The summed E-state index contributed by atoms with van der Waals surface area (Å²) < 4.78 is 13.6. The maximum atomic E-state index is 13.6.